The molecule has 8 nitrogen and oxygen atoms in total. The summed E-state index contributed by atoms with van der Waals surface area (Å²) in [5, 5.41) is 5.16. The van der Waals surface area contributed by atoms with Gasteiger partial charge in [-0.25, -0.2) is 10.2 Å². The van der Waals surface area contributed by atoms with Gasteiger partial charge in [-0.15, -0.1) is 0 Å². The summed E-state index contributed by atoms with van der Waals surface area (Å²) in [6.07, 6.45) is -0.572. The van der Waals surface area contributed by atoms with E-state index in [2.05, 4.69) is 10.2 Å². The monoisotopic (exact) mass is 352 g/mol. The van der Waals surface area contributed by atoms with Crippen molar-refractivity contribution >= 4 is 19.6 Å². The molecule has 0 radical (unpaired) electrons. The van der Waals surface area contributed by atoms with Gasteiger partial charge in [-0.1, -0.05) is 0 Å². The highest BCUT2D eigenvalue weighted by atomic mass is 31.2. The third-order valence-electron chi connectivity index (χ3n) is 2.45. The maximum atomic E-state index is 12.8. The van der Waals surface area contributed by atoms with Gasteiger partial charge < -0.3 is 14.0 Å². The van der Waals surface area contributed by atoms with Gasteiger partial charge in [0, 0.05) is 0 Å². The number of hydrogen-bond donors (Lipinski definition) is 2. The van der Waals surface area contributed by atoms with Crippen molar-refractivity contribution in [3.8, 4) is 0 Å². The topological polar surface area (TPSA) is 103 Å². The van der Waals surface area contributed by atoms with Gasteiger partial charge in [0.05, 0.1) is 18.8 Å². The second-order valence-electron chi connectivity index (χ2n) is 5.64. The first-order valence-corrected chi connectivity index (χ1v) is 9.34. The Hall–Kier alpha value is -0.950. The number of nitrogens with one attached hydrogen (secondary N) is 2. The number of rotatable bonds is 10. The van der Waals surface area contributed by atoms with E-state index in [1.807, 2.05) is 0 Å². The summed E-state index contributed by atoms with van der Waals surface area (Å²) in [4.78, 5) is 23.6. The van der Waals surface area contributed by atoms with Gasteiger partial charge in [-0.05, 0) is 48.5 Å². The Labute approximate surface area is 138 Å². The third kappa shape index (κ3) is 9.05. The molecular weight excluding hydrogens is 323 g/mol. The highest BCUT2D eigenvalue weighted by Crippen LogP contribution is 2.38. The molecule has 2 N–H and O–H groups in total. The third-order valence-corrected chi connectivity index (χ3v) is 4.53. The van der Waals surface area contributed by atoms with Crippen molar-refractivity contribution < 1.29 is 28.2 Å². The minimum absolute atomic E-state index is 0.134. The Kier molecular flexibility index (Phi) is 9.61. The van der Waals surface area contributed by atoms with E-state index in [4.69, 9.17) is 14.0 Å². The maximum Gasteiger partial charge on any atom is 0.342 e. The average molecular weight is 352 g/mol. The van der Waals surface area contributed by atoms with Crippen molar-refractivity contribution in [1.29, 1.82) is 0 Å². The summed E-state index contributed by atoms with van der Waals surface area (Å²) in [6.45, 7) is 11.7. The summed E-state index contributed by atoms with van der Waals surface area (Å²) < 4.78 is 28.0. The van der Waals surface area contributed by atoms with Crippen molar-refractivity contribution in [2.75, 3.05) is 6.61 Å². The van der Waals surface area contributed by atoms with Crippen LogP contribution in [-0.4, -0.2) is 42.8 Å². The first-order chi connectivity index (χ1) is 10.5. The zero-order chi connectivity index (χ0) is 18.2. The number of carbonyl (C=O) groups is 2. The Balaban J connectivity index is 4.88. The lowest BCUT2D eigenvalue weighted by atomic mass is 10.4. The van der Waals surface area contributed by atoms with Gasteiger partial charge in [-0.3, -0.25) is 14.2 Å². The van der Waals surface area contributed by atoms with Crippen LogP contribution in [0.5, 0.6) is 0 Å². The van der Waals surface area contributed by atoms with Crippen LogP contribution in [0.4, 0.5) is 0 Å². The molecule has 0 aromatic rings. The molecule has 9 heteroatoms. The van der Waals surface area contributed by atoms with Gasteiger partial charge >= 0.3 is 19.6 Å². The lowest BCUT2D eigenvalue weighted by Gasteiger charge is -2.26. The Morgan fingerprint density at radius 3 is 1.48 bits per heavy atom. The minimum atomic E-state index is -3.63. The molecule has 136 valence electrons. The molecular formula is C14H29N2O6P. The standard InChI is InChI=1S/C14H29N2O6P/c1-8-20-23(19,15-11(6)13(17)21-9(2)3)16-12(7)14(18)22-10(4)5/h9-12H,8H2,1-7H3,(H2,15,16,19). The fraction of sp³-hybridized carbons (Fsp3) is 0.857. The van der Waals surface area contributed by atoms with Gasteiger partial charge in [0.25, 0.3) is 0 Å². The van der Waals surface area contributed by atoms with Crippen LogP contribution in [0.1, 0.15) is 48.5 Å². The number of ether oxygens (including phenoxy) is 2. The molecule has 0 saturated carbocycles. The molecule has 0 fully saturated rings. The summed E-state index contributed by atoms with van der Waals surface area (Å²) in [6, 6.07) is -1.73. The summed E-state index contributed by atoms with van der Waals surface area (Å²) >= 11 is 0. The minimum Gasteiger partial charge on any atom is -0.462 e. The lowest BCUT2D eigenvalue weighted by molar-refractivity contribution is -0.149. The molecule has 0 spiro atoms. The van der Waals surface area contributed by atoms with E-state index in [9.17, 15) is 14.2 Å². The molecule has 0 aliphatic carbocycles. The molecule has 0 saturated heterocycles. The van der Waals surface area contributed by atoms with Crippen molar-refractivity contribution in [3.05, 3.63) is 0 Å². The van der Waals surface area contributed by atoms with E-state index >= 15 is 0 Å². The Bertz CT molecular complexity index is 407. The van der Waals surface area contributed by atoms with Crippen LogP contribution < -0.4 is 10.2 Å². The number of esters is 2. The van der Waals surface area contributed by atoms with E-state index in [1.165, 1.54) is 13.8 Å². The summed E-state index contributed by atoms with van der Waals surface area (Å²) in [5.41, 5.74) is 0. The quantitative estimate of drug-likeness (QED) is 0.454. The van der Waals surface area contributed by atoms with E-state index < -0.39 is 31.7 Å². The highest BCUT2D eigenvalue weighted by Gasteiger charge is 2.33. The molecule has 0 bridgehead atoms. The highest BCUT2D eigenvalue weighted by molar-refractivity contribution is 7.54. The van der Waals surface area contributed by atoms with Gasteiger partial charge in [0.2, 0.25) is 0 Å². The maximum absolute atomic E-state index is 12.8. The van der Waals surface area contributed by atoms with Gasteiger partial charge in [0.15, 0.2) is 0 Å². The zero-order valence-electron chi connectivity index (χ0n) is 14.9. The van der Waals surface area contributed by atoms with E-state index in [1.54, 1.807) is 34.6 Å². The smallest absolute Gasteiger partial charge is 0.342 e. The van der Waals surface area contributed by atoms with E-state index in [-0.39, 0.29) is 18.8 Å². The largest absolute Gasteiger partial charge is 0.462 e. The van der Waals surface area contributed by atoms with Crippen LogP contribution in [0.3, 0.4) is 0 Å². The van der Waals surface area contributed by atoms with Crippen molar-refractivity contribution in [2.45, 2.75) is 72.8 Å². The second-order valence-corrected chi connectivity index (χ2v) is 7.52. The predicted molar refractivity (Wildman–Crippen MR) is 86.9 cm³/mol. The van der Waals surface area contributed by atoms with Crippen molar-refractivity contribution in [2.24, 2.45) is 0 Å². The first kappa shape index (κ1) is 22.1. The fourth-order valence-corrected chi connectivity index (χ4v) is 3.40. The molecule has 2 unspecified atom stereocenters. The van der Waals surface area contributed by atoms with Gasteiger partial charge in [0.1, 0.15) is 12.1 Å². The molecule has 0 amide bonds. The van der Waals surface area contributed by atoms with Crippen LogP contribution in [0, 0.1) is 0 Å². The SMILES string of the molecule is CCOP(=O)(NC(C)C(=O)OC(C)C)NC(C)C(=O)OC(C)C. The molecule has 0 rings (SSSR count). The lowest BCUT2D eigenvalue weighted by Crippen LogP contribution is -2.43. The van der Waals surface area contributed by atoms with Crippen LogP contribution in [-0.2, 0) is 28.2 Å². The number of hydrogen-bond acceptors (Lipinski definition) is 6. The Morgan fingerprint density at radius 1 is 0.870 bits per heavy atom. The average Bonchev–Trinajstić information content (AvgIpc) is 2.36. The summed E-state index contributed by atoms with van der Waals surface area (Å²) in [5.74, 6) is -1.11. The fourth-order valence-electron chi connectivity index (χ4n) is 1.58. The van der Waals surface area contributed by atoms with Gasteiger partial charge in [-0.2, -0.15) is 0 Å². The Morgan fingerprint density at radius 2 is 1.22 bits per heavy atom. The zero-order valence-corrected chi connectivity index (χ0v) is 15.8. The van der Waals surface area contributed by atoms with Crippen LogP contribution in [0.25, 0.3) is 0 Å². The molecule has 2 atom stereocenters. The normalized spacial score (nSPS) is 16.7. The molecule has 23 heavy (non-hydrogen) atoms. The summed E-state index contributed by atoms with van der Waals surface area (Å²) in [7, 11) is -3.63. The molecule has 0 aliphatic heterocycles. The molecule has 0 aliphatic rings. The first-order valence-electron chi connectivity index (χ1n) is 7.71. The van der Waals surface area contributed by atoms with E-state index in [0.717, 1.165) is 0 Å². The van der Waals surface area contributed by atoms with E-state index in [0.29, 0.717) is 0 Å². The molecule has 0 aromatic carbocycles. The van der Waals surface area contributed by atoms with Crippen LogP contribution >= 0.6 is 7.67 Å². The molecule has 0 aromatic heterocycles. The van der Waals surface area contributed by atoms with Crippen LogP contribution in [0.2, 0.25) is 0 Å². The van der Waals surface area contributed by atoms with Crippen molar-refractivity contribution in [3.63, 3.8) is 0 Å². The number of carbonyl (C=O) groups excluding carboxylic acids is 2. The second kappa shape index (κ2) is 10.0. The van der Waals surface area contributed by atoms with Crippen LogP contribution in [0.15, 0.2) is 0 Å². The van der Waals surface area contributed by atoms with Crippen molar-refractivity contribution in [1.82, 2.24) is 10.2 Å². The predicted octanol–water partition coefficient (Wildman–Crippen LogP) is 1.99. The molecule has 0 heterocycles.